The van der Waals surface area contributed by atoms with Gasteiger partial charge < -0.3 is 15.3 Å². The van der Waals surface area contributed by atoms with E-state index in [1.54, 1.807) is 43.0 Å². The second-order valence-corrected chi connectivity index (χ2v) is 6.07. The summed E-state index contributed by atoms with van der Waals surface area (Å²) in [5, 5.41) is 11.6. The van der Waals surface area contributed by atoms with Crippen molar-refractivity contribution in [3.8, 4) is 0 Å². The number of carboxylic acid groups (broad SMARTS) is 1. The van der Waals surface area contributed by atoms with Gasteiger partial charge in [-0.1, -0.05) is 0 Å². The maximum absolute atomic E-state index is 12.0. The highest BCUT2D eigenvalue weighted by atomic mass is 16.4. The fraction of sp³-hybridized carbons (Fsp3) is 0.438. The summed E-state index contributed by atoms with van der Waals surface area (Å²) in [6, 6.07) is 6.76. The second kappa shape index (κ2) is 6.17. The maximum Gasteiger partial charge on any atom is 0.310 e. The fourth-order valence-electron chi connectivity index (χ4n) is 2.19. The van der Waals surface area contributed by atoms with Crippen LogP contribution in [0.15, 0.2) is 24.3 Å². The van der Waals surface area contributed by atoms with Gasteiger partial charge in [0, 0.05) is 30.8 Å². The standard InChI is InChI=1S/C16H20N2O4/c1-16(2,15(21)22)10-17-14(20)11-5-7-12(8-6-11)18-9-3-4-13(18)19/h5-8H,3-4,9-10H2,1-2H3,(H,17,20)(H,21,22). The van der Waals surface area contributed by atoms with E-state index in [9.17, 15) is 14.4 Å². The summed E-state index contributed by atoms with van der Waals surface area (Å²) in [4.78, 5) is 36.4. The number of rotatable bonds is 5. The molecule has 6 nitrogen and oxygen atoms in total. The molecule has 0 atom stereocenters. The minimum atomic E-state index is -1.02. The highest BCUT2D eigenvalue weighted by Crippen LogP contribution is 2.21. The monoisotopic (exact) mass is 304 g/mol. The lowest BCUT2D eigenvalue weighted by Crippen LogP contribution is -2.38. The van der Waals surface area contributed by atoms with E-state index in [1.807, 2.05) is 0 Å². The Hall–Kier alpha value is -2.37. The van der Waals surface area contributed by atoms with Gasteiger partial charge in [0.1, 0.15) is 0 Å². The number of carbonyl (C=O) groups excluding carboxylic acids is 2. The van der Waals surface area contributed by atoms with Gasteiger partial charge in [-0.3, -0.25) is 14.4 Å². The molecule has 1 aromatic rings. The Kier molecular flexibility index (Phi) is 4.49. The van der Waals surface area contributed by atoms with E-state index in [2.05, 4.69) is 5.32 Å². The van der Waals surface area contributed by atoms with Crippen LogP contribution in [0.25, 0.3) is 0 Å². The third-order valence-electron chi connectivity index (χ3n) is 3.78. The van der Waals surface area contributed by atoms with Gasteiger partial charge in [0.25, 0.3) is 5.91 Å². The van der Waals surface area contributed by atoms with Crippen LogP contribution in [0.3, 0.4) is 0 Å². The number of amides is 2. The number of carbonyl (C=O) groups is 3. The molecule has 118 valence electrons. The van der Waals surface area contributed by atoms with Gasteiger partial charge in [-0.2, -0.15) is 0 Å². The normalized spacial score (nSPS) is 15.0. The summed E-state index contributed by atoms with van der Waals surface area (Å²) in [6.45, 7) is 3.86. The van der Waals surface area contributed by atoms with E-state index in [-0.39, 0.29) is 18.4 Å². The van der Waals surface area contributed by atoms with E-state index in [0.29, 0.717) is 18.5 Å². The summed E-state index contributed by atoms with van der Waals surface area (Å²) < 4.78 is 0. The van der Waals surface area contributed by atoms with Crippen LogP contribution in [0.5, 0.6) is 0 Å². The van der Waals surface area contributed by atoms with Gasteiger partial charge in [-0.25, -0.2) is 0 Å². The summed E-state index contributed by atoms with van der Waals surface area (Å²) in [6.07, 6.45) is 1.41. The molecule has 0 aromatic heterocycles. The van der Waals surface area contributed by atoms with Crippen LogP contribution in [0.4, 0.5) is 5.69 Å². The molecule has 1 aromatic carbocycles. The van der Waals surface area contributed by atoms with Crippen molar-refractivity contribution >= 4 is 23.5 Å². The molecule has 2 amide bonds. The number of anilines is 1. The van der Waals surface area contributed by atoms with E-state index in [1.165, 1.54) is 0 Å². The summed E-state index contributed by atoms with van der Waals surface area (Å²) >= 11 is 0. The Morgan fingerprint density at radius 3 is 2.41 bits per heavy atom. The van der Waals surface area contributed by atoms with Crippen LogP contribution in [0, 0.1) is 5.41 Å². The van der Waals surface area contributed by atoms with E-state index >= 15 is 0 Å². The zero-order valence-corrected chi connectivity index (χ0v) is 12.8. The molecule has 1 saturated heterocycles. The zero-order chi connectivity index (χ0) is 16.3. The molecule has 1 heterocycles. The lowest BCUT2D eigenvalue weighted by Gasteiger charge is -2.19. The molecular formula is C16H20N2O4. The van der Waals surface area contributed by atoms with Crippen molar-refractivity contribution < 1.29 is 19.5 Å². The molecule has 0 unspecified atom stereocenters. The number of nitrogens with one attached hydrogen (secondary N) is 1. The maximum atomic E-state index is 12.0. The van der Waals surface area contributed by atoms with Crippen LogP contribution in [0.2, 0.25) is 0 Å². The average molecular weight is 304 g/mol. The van der Waals surface area contributed by atoms with Gasteiger partial charge in [-0.15, -0.1) is 0 Å². The molecule has 22 heavy (non-hydrogen) atoms. The predicted octanol–water partition coefficient (Wildman–Crippen LogP) is 1.65. The Morgan fingerprint density at radius 1 is 1.27 bits per heavy atom. The van der Waals surface area contributed by atoms with Crippen LogP contribution < -0.4 is 10.2 Å². The molecule has 0 aliphatic carbocycles. The quantitative estimate of drug-likeness (QED) is 0.866. The number of nitrogens with zero attached hydrogens (tertiary/aromatic N) is 1. The van der Waals surface area contributed by atoms with Crippen molar-refractivity contribution in [3.05, 3.63) is 29.8 Å². The Morgan fingerprint density at radius 2 is 1.91 bits per heavy atom. The molecule has 0 saturated carbocycles. The Labute approximate surface area is 129 Å². The highest BCUT2D eigenvalue weighted by Gasteiger charge is 2.27. The van der Waals surface area contributed by atoms with Crippen LogP contribution >= 0.6 is 0 Å². The largest absolute Gasteiger partial charge is 0.481 e. The van der Waals surface area contributed by atoms with Crippen molar-refractivity contribution in [3.63, 3.8) is 0 Å². The third kappa shape index (κ3) is 3.44. The summed E-state index contributed by atoms with van der Waals surface area (Å²) in [7, 11) is 0. The van der Waals surface area contributed by atoms with E-state index < -0.39 is 11.4 Å². The minimum Gasteiger partial charge on any atom is -0.481 e. The first-order valence-electron chi connectivity index (χ1n) is 7.23. The first kappa shape index (κ1) is 16.0. The smallest absolute Gasteiger partial charge is 0.310 e. The summed E-state index contributed by atoms with van der Waals surface area (Å²) in [5.74, 6) is -1.19. The predicted molar refractivity (Wildman–Crippen MR) is 81.8 cm³/mol. The first-order valence-corrected chi connectivity index (χ1v) is 7.23. The van der Waals surface area contributed by atoms with Gasteiger partial charge in [-0.05, 0) is 44.5 Å². The van der Waals surface area contributed by atoms with Gasteiger partial charge in [0.2, 0.25) is 5.91 Å². The SMILES string of the molecule is CC(C)(CNC(=O)c1ccc(N2CCCC2=O)cc1)C(=O)O. The topological polar surface area (TPSA) is 86.7 Å². The average Bonchev–Trinajstić information content (AvgIpc) is 2.91. The Balaban J connectivity index is 1.99. The lowest BCUT2D eigenvalue weighted by molar-refractivity contribution is -0.146. The van der Waals surface area contributed by atoms with Gasteiger partial charge in [0.05, 0.1) is 5.41 Å². The van der Waals surface area contributed by atoms with Crippen LogP contribution in [-0.2, 0) is 9.59 Å². The number of hydrogen-bond acceptors (Lipinski definition) is 3. The molecule has 1 fully saturated rings. The molecule has 0 bridgehead atoms. The van der Waals surface area contributed by atoms with Crippen LogP contribution in [0.1, 0.15) is 37.0 Å². The number of aliphatic carboxylic acids is 1. The molecule has 6 heteroatoms. The van der Waals surface area contributed by atoms with E-state index in [0.717, 1.165) is 12.1 Å². The van der Waals surface area contributed by atoms with Gasteiger partial charge >= 0.3 is 5.97 Å². The second-order valence-electron chi connectivity index (χ2n) is 6.07. The molecule has 1 aliphatic heterocycles. The fourth-order valence-corrected chi connectivity index (χ4v) is 2.19. The van der Waals surface area contributed by atoms with Crippen LogP contribution in [-0.4, -0.2) is 36.0 Å². The van der Waals surface area contributed by atoms with Crippen molar-refractivity contribution in [2.75, 3.05) is 18.0 Å². The van der Waals surface area contributed by atoms with Crippen molar-refractivity contribution in [2.24, 2.45) is 5.41 Å². The molecule has 0 spiro atoms. The molecule has 0 radical (unpaired) electrons. The summed E-state index contributed by atoms with van der Waals surface area (Å²) in [5.41, 5.74) is 0.207. The van der Waals surface area contributed by atoms with E-state index in [4.69, 9.17) is 5.11 Å². The number of benzene rings is 1. The highest BCUT2D eigenvalue weighted by molar-refractivity contribution is 5.97. The lowest BCUT2D eigenvalue weighted by atomic mass is 9.94. The number of carboxylic acids is 1. The molecule has 1 aliphatic rings. The Bertz CT molecular complexity index is 593. The third-order valence-corrected chi connectivity index (χ3v) is 3.78. The van der Waals surface area contributed by atoms with Crippen molar-refractivity contribution in [1.82, 2.24) is 5.32 Å². The number of hydrogen-bond donors (Lipinski definition) is 2. The van der Waals surface area contributed by atoms with Crippen molar-refractivity contribution in [2.45, 2.75) is 26.7 Å². The first-order chi connectivity index (χ1) is 10.3. The van der Waals surface area contributed by atoms with Gasteiger partial charge in [0.15, 0.2) is 0 Å². The zero-order valence-electron chi connectivity index (χ0n) is 12.8. The molecular weight excluding hydrogens is 284 g/mol. The van der Waals surface area contributed by atoms with Crippen molar-refractivity contribution in [1.29, 1.82) is 0 Å². The minimum absolute atomic E-state index is 0.0491. The molecule has 2 N–H and O–H groups in total. The molecule has 2 rings (SSSR count).